The molecule has 0 aromatic carbocycles. The van der Waals surface area contributed by atoms with Crippen LogP contribution in [0.1, 0.15) is 38.3 Å². The Morgan fingerprint density at radius 2 is 2.13 bits per heavy atom. The van der Waals surface area contributed by atoms with Crippen molar-refractivity contribution in [1.82, 2.24) is 9.78 Å². The monoisotopic (exact) mass is 227 g/mol. The summed E-state index contributed by atoms with van der Waals surface area (Å²) in [5.41, 5.74) is 7.36. The first kappa shape index (κ1) is 11.0. The molecule has 1 aromatic heterocycles. The maximum Gasteiger partial charge on any atom is 0.0821 e. The van der Waals surface area contributed by atoms with Gasteiger partial charge in [0.2, 0.25) is 0 Å². The van der Waals surface area contributed by atoms with E-state index in [1.807, 2.05) is 11.7 Å². The Morgan fingerprint density at radius 3 is 2.47 bits per heavy atom. The van der Waals surface area contributed by atoms with Crippen molar-refractivity contribution in [2.45, 2.75) is 38.1 Å². The average molecular weight is 228 g/mol. The number of aryl methyl sites for hydroxylation is 1. The molecule has 0 saturated heterocycles. The maximum atomic E-state index is 6.32. The van der Waals surface area contributed by atoms with Crippen molar-refractivity contribution in [2.24, 2.45) is 18.7 Å². The molecule has 1 aliphatic carbocycles. The largest absolute Gasteiger partial charge is 0.324 e. The molecule has 0 bridgehead atoms. The van der Waals surface area contributed by atoms with Gasteiger partial charge in [0.25, 0.3) is 0 Å². The van der Waals surface area contributed by atoms with Crippen molar-refractivity contribution >= 4 is 11.6 Å². The zero-order chi connectivity index (χ0) is 11.2. The van der Waals surface area contributed by atoms with E-state index in [-0.39, 0.29) is 5.54 Å². The summed E-state index contributed by atoms with van der Waals surface area (Å²) in [6.45, 7) is 4.39. The molecule has 1 aromatic rings. The van der Waals surface area contributed by atoms with Crippen LogP contribution in [0.3, 0.4) is 0 Å². The molecule has 2 N–H and O–H groups in total. The average Bonchev–Trinajstić information content (AvgIpc) is 2.80. The number of aromatic nitrogens is 2. The second kappa shape index (κ2) is 3.49. The van der Waals surface area contributed by atoms with Crippen LogP contribution >= 0.6 is 11.6 Å². The van der Waals surface area contributed by atoms with Crippen LogP contribution in [0.25, 0.3) is 0 Å². The van der Waals surface area contributed by atoms with Gasteiger partial charge in [-0.25, -0.2) is 0 Å². The van der Waals surface area contributed by atoms with Crippen LogP contribution in [0.4, 0.5) is 0 Å². The number of hydrogen-bond acceptors (Lipinski definition) is 2. The lowest BCUT2D eigenvalue weighted by molar-refractivity contribution is 0.382. The molecule has 0 radical (unpaired) electrons. The summed E-state index contributed by atoms with van der Waals surface area (Å²) in [6.07, 6.45) is 3.90. The number of halogens is 1. The van der Waals surface area contributed by atoms with Gasteiger partial charge in [0.1, 0.15) is 0 Å². The van der Waals surface area contributed by atoms with E-state index in [1.165, 1.54) is 0 Å². The van der Waals surface area contributed by atoms with E-state index in [9.17, 15) is 0 Å². The van der Waals surface area contributed by atoms with Gasteiger partial charge in [-0.3, -0.25) is 4.68 Å². The molecule has 0 spiro atoms. The first-order valence-electron chi connectivity index (χ1n) is 5.42. The van der Waals surface area contributed by atoms with E-state index in [2.05, 4.69) is 18.9 Å². The van der Waals surface area contributed by atoms with E-state index >= 15 is 0 Å². The second-order valence-corrected chi connectivity index (χ2v) is 5.36. The molecule has 1 unspecified atom stereocenters. The first-order chi connectivity index (χ1) is 6.96. The van der Waals surface area contributed by atoms with Gasteiger partial charge < -0.3 is 5.73 Å². The van der Waals surface area contributed by atoms with E-state index < -0.39 is 0 Å². The maximum absolute atomic E-state index is 6.32. The number of nitrogens with two attached hydrogens (primary N) is 1. The number of nitrogens with zero attached hydrogens (tertiary/aromatic N) is 2. The third-order valence-electron chi connectivity index (χ3n) is 3.35. The second-order valence-electron chi connectivity index (χ2n) is 4.96. The highest BCUT2D eigenvalue weighted by Crippen LogP contribution is 2.49. The molecule has 3 nitrogen and oxygen atoms in total. The summed E-state index contributed by atoms with van der Waals surface area (Å²) in [6, 6.07) is 0. The Kier molecular flexibility index (Phi) is 2.55. The van der Waals surface area contributed by atoms with Crippen LogP contribution in [0.5, 0.6) is 0 Å². The molecule has 1 aliphatic rings. The summed E-state index contributed by atoms with van der Waals surface area (Å²) in [5.74, 6) is 0.808. The fourth-order valence-electron chi connectivity index (χ4n) is 2.48. The molecule has 1 saturated carbocycles. The number of rotatable bonds is 3. The van der Waals surface area contributed by atoms with Crippen LogP contribution in [0.2, 0.25) is 5.02 Å². The summed E-state index contributed by atoms with van der Waals surface area (Å²) in [5, 5.41) is 4.93. The van der Waals surface area contributed by atoms with Crippen LogP contribution in [-0.2, 0) is 7.05 Å². The van der Waals surface area contributed by atoms with E-state index in [0.717, 1.165) is 23.6 Å². The van der Waals surface area contributed by atoms with Gasteiger partial charge in [0.05, 0.1) is 16.9 Å². The van der Waals surface area contributed by atoms with Crippen LogP contribution < -0.4 is 5.73 Å². The van der Waals surface area contributed by atoms with Gasteiger partial charge >= 0.3 is 0 Å². The standard InChI is InChI=1S/C11H18ClN3/c1-7(2)9(11(13)4-5-11)10-8(12)6-14-15(10)3/h6-7,9H,4-5,13H2,1-3H3. The molecular weight excluding hydrogens is 210 g/mol. The first-order valence-corrected chi connectivity index (χ1v) is 5.80. The minimum Gasteiger partial charge on any atom is -0.324 e. The highest BCUT2D eigenvalue weighted by molar-refractivity contribution is 6.31. The molecule has 1 fully saturated rings. The smallest absolute Gasteiger partial charge is 0.0821 e. The zero-order valence-electron chi connectivity index (χ0n) is 9.50. The van der Waals surface area contributed by atoms with Gasteiger partial charge in [0, 0.05) is 18.5 Å². The van der Waals surface area contributed by atoms with Gasteiger partial charge in [-0.2, -0.15) is 5.10 Å². The summed E-state index contributed by atoms with van der Waals surface area (Å²) in [7, 11) is 1.93. The fraction of sp³-hybridized carbons (Fsp3) is 0.727. The van der Waals surface area contributed by atoms with Crippen molar-refractivity contribution in [3.05, 3.63) is 16.9 Å². The Morgan fingerprint density at radius 1 is 1.53 bits per heavy atom. The highest BCUT2D eigenvalue weighted by atomic mass is 35.5. The summed E-state index contributed by atoms with van der Waals surface area (Å²) < 4.78 is 1.86. The lowest BCUT2D eigenvalue weighted by Crippen LogP contribution is -2.35. The lowest BCUT2D eigenvalue weighted by Gasteiger charge is -2.27. The zero-order valence-corrected chi connectivity index (χ0v) is 10.3. The fourth-order valence-corrected chi connectivity index (χ4v) is 2.76. The Labute approximate surface area is 95.6 Å². The predicted octanol–water partition coefficient (Wildman–Crippen LogP) is 2.30. The lowest BCUT2D eigenvalue weighted by atomic mass is 9.84. The van der Waals surface area contributed by atoms with Crippen LogP contribution in [-0.4, -0.2) is 15.3 Å². The third-order valence-corrected chi connectivity index (χ3v) is 3.64. The minimum absolute atomic E-state index is 0.0500. The molecule has 0 aliphatic heterocycles. The van der Waals surface area contributed by atoms with Crippen molar-refractivity contribution in [3.63, 3.8) is 0 Å². The molecule has 84 valence electrons. The Bertz CT molecular complexity index is 346. The molecule has 1 atom stereocenters. The molecule has 4 heteroatoms. The molecule has 15 heavy (non-hydrogen) atoms. The Hall–Kier alpha value is -0.540. The third kappa shape index (κ3) is 1.79. The number of hydrogen-bond donors (Lipinski definition) is 1. The van der Waals surface area contributed by atoms with Gasteiger partial charge in [-0.15, -0.1) is 0 Å². The van der Waals surface area contributed by atoms with Gasteiger partial charge in [0.15, 0.2) is 0 Å². The molecule has 1 heterocycles. The van der Waals surface area contributed by atoms with Gasteiger partial charge in [-0.1, -0.05) is 25.4 Å². The van der Waals surface area contributed by atoms with Crippen molar-refractivity contribution in [2.75, 3.05) is 0 Å². The van der Waals surface area contributed by atoms with Crippen molar-refractivity contribution < 1.29 is 0 Å². The van der Waals surface area contributed by atoms with Gasteiger partial charge in [-0.05, 0) is 18.8 Å². The van der Waals surface area contributed by atoms with E-state index in [4.69, 9.17) is 17.3 Å². The van der Waals surface area contributed by atoms with Crippen molar-refractivity contribution in [1.29, 1.82) is 0 Å². The van der Waals surface area contributed by atoms with Crippen molar-refractivity contribution in [3.8, 4) is 0 Å². The SMILES string of the molecule is CC(C)C(c1c(Cl)cnn1C)C1(N)CC1. The summed E-state index contributed by atoms with van der Waals surface area (Å²) >= 11 is 6.18. The normalized spacial score (nSPS) is 20.7. The quantitative estimate of drug-likeness (QED) is 0.861. The topological polar surface area (TPSA) is 43.8 Å². The molecule has 0 amide bonds. The highest BCUT2D eigenvalue weighted by Gasteiger charge is 2.49. The van der Waals surface area contributed by atoms with E-state index in [1.54, 1.807) is 6.20 Å². The Balaban J connectivity index is 2.41. The summed E-state index contributed by atoms with van der Waals surface area (Å²) in [4.78, 5) is 0. The van der Waals surface area contributed by atoms with E-state index in [0.29, 0.717) is 11.8 Å². The van der Waals surface area contributed by atoms with Crippen LogP contribution in [0, 0.1) is 5.92 Å². The predicted molar refractivity (Wildman–Crippen MR) is 61.9 cm³/mol. The molecule has 2 rings (SSSR count). The van der Waals surface area contributed by atoms with Crippen LogP contribution in [0.15, 0.2) is 6.20 Å². The minimum atomic E-state index is -0.0500. The molecular formula is C11H18ClN3.